The van der Waals surface area contributed by atoms with Crippen LogP contribution in [-0.2, 0) is 0 Å². The molecule has 6 heteroatoms. The first-order valence-corrected chi connectivity index (χ1v) is 11.3. The SMILES string of the molecule is CCN(CC)c1ccc2c(c1)OC1=N[C@H](c3ccc(O)cc3)n3c(nc4ccccc43)C1=C2. The second-order valence-electron chi connectivity index (χ2n) is 8.25. The highest BCUT2D eigenvalue weighted by molar-refractivity contribution is 6.26. The number of ether oxygens (including phenoxy) is 1. The van der Waals surface area contributed by atoms with Crippen LogP contribution in [0.3, 0.4) is 0 Å². The summed E-state index contributed by atoms with van der Waals surface area (Å²) < 4.78 is 8.54. The molecule has 3 heterocycles. The second kappa shape index (κ2) is 7.52. The number of aromatic hydroxyl groups is 1. The molecule has 0 spiro atoms. The van der Waals surface area contributed by atoms with Crippen molar-refractivity contribution >= 4 is 34.3 Å². The van der Waals surface area contributed by atoms with Gasteiger partial charge >= 0.3 is 0 Å². The first kappa shape index (κ1) is 19.6. The van der Waals surface area contributed by atoms with Gasteiger partial charge in [0.15, 0.2) is 6.17 Å². The highest BCUT2D eigenvalue weighted by atomic mass is 16.5. The highest BCUT2D eigenvalue weighted by Gasteiger charge is 2.33. The van der Waals surface area contributed by atoms with E-state index in [1.807, 2.05) is 30.3 Å². The average Bonchev–Trinajstić information content (AvgIpc) is 3.24. The molecule has 0 aliphatic carbocycles. The van der Waals surface area contributed by atoms with Gasteiger partial charge in [0.1, 0.15) is 17.3 Å². The molecule has 2 aliphatic rings. The van der Waals surface area contributed by atoms with E-state index in [2.05, 4.69) is 53.7 Å². The van der Waals surface area contributed by atoms with Gasteiger partial charge < -0.3 is 14.7 Å². The van der Waals surface area contributed by atoms with Crippen LogP contribution in [0.15, 0.2) is 71.7 Å². The lowest BCUT2D eigenvalue weighted by molar-refractivity contribution is 0.474. The zero-order chi connectivity index (χ0) is 22.5. The number of aliphatic imine (C=N–C) groups is 1. The van der Waals surface area contributed by atoms with Crippen molar-refractivity contribution in [3.63, 3.8) is 0 Å². The predicted molar refractivity (Wildman–Crippen MR) is 132 cm³/mol. The van der Waals surface area contributed by atoms with Crippen molar-refractivity contribution in [2.45, 2.75) is 20.0 Å². The summed E-state index contributed by atoms with van der Waals surface area (Å²) in [5.41, 5.74) is 5.91. The first-order chi connectivity index (χ1) is 16.2. The second-order valence-corrected chi connectivity index (χ2v) is 8.25. The minimum atomic E-state index is -0.340. The number of phenols is 1. The molecule has 1 aromatic heterocycles. The molecule has 0 saturated carbocycles. The molecule has 0 unspecified atom stereocenters. The van der Waals surface area contributed by atoms with Crippen molar-refractivity contribution in [3.05, 3.63) is 83.7 Å². The Balaban J connectivity index is 1.54. The normalized spacial score (nSPS) is 16.2. The van der Waals surface area contributed by atoms with Crippen LogP contribution in [0.25, 0.3) is 22.7 Å². The number of hydrogen-bond donors (Lipinski definition) is 1. The van der Waals surface area contributed by atoms with Crippen LogP contribution in [-0.4, -0.2) is 33.6 Å². The molecule has 1 atom stereocenters. The van der Waals surface area contributed by atoms with Crippen molar-refractivity contribution in [1.82, 2.24) is 9.55 Å². The molecule has 0 amide bonds. The molecule has 1 N–H and O–H groups in total. The van der Waals surface area contributed by atoms with Gasteiger partial charge in [-0.25, -0.2) is 9.98 Å². The number of anilines is 1. The van der Waals surface area contributed by atoms with Crippen molar-refractivity contribution in [2.75, 3.05) is 18.0 Å². The maximum Gasteiger partial charge on any atom is 0.228 e. The van der Waals surface area contributed by atoms with E-state index in [1.165, 1.54) is 0 Å². The fraction of sp³-hybridized carbons (Fsp3) is 0.185. The summed E-state index contributed by atoms with van der Waals surface area (Å²) in [6, 6.07) is 21.6. The minimum Gasteiger partial charge on any atom is -0.508 e. The Labute approximate surface area is 192 Å². The molecule has 164 valence electrons. The number of rotatable bonds is 4. The topological polar surface area (TPSA) is 62.9 Å². The number of fused-ring (bicyclic) bond motifs is 6. The number of hydrogen-bond acceptors (Lipinski definition) is 5. The molecule has 0 radical (unpaired) electrons. The maximum atomic E-state index is 9.80. The summed E-state index contributed by atoms with van der Waals surface area (Å²) in [5.74, 6) is 2.43. The number of para-hydroxylation sites is 2. The quantitative estimate of drug-likeness (QED) is 0.460. The van der Waals surface area contributed by atoms with Crippen LogP contribution < -0.4 is 9.64 Å². The molecular formula is C27H24N4O2. The van der Waals surface area contributed by atoms with E-state index in [4.69, 9.17) is 14.7 Å². The maximum absolute atomic E-state index is 9.80. The van der Waals surface area contributed by atoms with Crippen LogP contribution in [0.1, 0.15) is 37.0 Å². The molecule has 4 aromatic rings. The van der Waals surface area contributed by atoms with Gasteiger partial charge in [-0.3, -0.25) is 4.57 Å². The molecule has 2 aliphatic heterocycles. The standard InChI is InChI=1S/C27H24N4O2/c1-3-30(4-2)19-12-9-18-15-21-26-28-22-7-5-6-8-23(22)31(26)25(17-10-13-20(32)14-11-17)29-27(21)33-24(18)16-19/h5-16,25,32H,3-4H2,1-2H3/t25-/m0/s1. The predicted octanol–water partition coefficient (Wildman–Crippen LogP) is 5.48. The molecule has 33 heavy (non-hydrogen) atoms. The van der Waals surface area contributed by atoms with Gasteiger partial charge in [0.25, 0.3) is 0 Å². The van der Waals surface area contributed by atoms with Crippen LogP contribution in [0.2, 0.25) is 0 Å². The monoisotopic (exact) mass is 436 g/mol. The Morgan fingerprint density at radius 3 is 2.58 bits per heavy atom. The molecule has 6 rings (SSSR count). The summed E-state index contributed by atoms with van der Waals surface area (Å²) in [4.78, 5) is 12.3. The lowest BCUT2D eigenvalue weighted by Gasteiger charge is -2.29. The van der Waals surface area contributed by atoms with Gasteiger partial charge in [0.05, 0.1) is 16.6 Å². The molecule has 3 aromatic carbocycles. The van der Waals surface area contributed by atoms with Crippen LogP contribution >= 0.6 is 0 Å². The molecule has 0 saturated heterocycles. The largest absolute Gasteiger partial charge is 0.508 e. The number of phenolic OH excluding ortho intramolecular Hbond substituents is 1. The lowest BCUT2D eigenvalue weighted by Crippen LogP contribution is -2.27. The Morgan fingerprint density at radius 1 is 1.00 bits per heavy atom. The highest BCUT2D eigenvalue weighted by Crippen LogP contribution is 2.41. The minimum absolute atomic E-state index is 0.227. The number of benzene rings is 3. The lowest BCUT2D eigenvalue weighted by atomic mass is 10.0. The Morgan fingerprint density at radius 2 is 1.79 bits per heavy atom. The molecule has 0 fully saturated rings. The van der Waals surface area contributed by atoms with Crippen molar-refractivity contribution in [3.8, 4) is 11.5 Å². The zero-order valence-corrected chi connectivity index (χ0v) is 18.6. The Hall–Kier alpha value is -4.06. The van der Waals surface area contributed by atoms with Crippen LogP contribution in [0.4, 0.5) is 5.69 Å². The number of nitrogens with zero attached hydrogens (tertiary/aromatic N) is 4. The third kappa shape index (κ3) is 3.09. The van der Waals surface area contributed by atoms with Crippen molar-refractivity contribution in [1.29, 1.82) is 0 Å². The molecular weight excluding hydrogens is 412 g/mol. The summed E-state index contributed by atoms with van der Waals surface area (Å²) in [5, 5.41) is 9.80. The summed E-state index contributed by atoms with van der Waals surface area (Å²) in [6.07, 6.45) is 1.78. The van der Waals surface area contributed by atoms with E-state index in [9.17, 15) is 5.11 Å². The van der Waals surface area contributed by atoms with E-state index in [0.29, 0.717) is 5.90 Å². The number of aromatic nitrogens is 2. The fourth-order valence-corrected chi connectivity index (χ4v) is 4.67. The van der Waals surface area contributed by atoms with Crippen molar-refractivity contribution < 1.29 is 9.84 Å². The van der Waals surface area contributed by atoms with Gasteiger partial charge in [-0.2, -0.15) is 0 Å². The van der Waals surface area contributed by atoms with E-state index >= 15 is 0 Å². The van der Waals surface area contributed by atoms with Gasteiger partial charge in [-0.05, 0) is 61.9 Å². The summed E-state index contributed by atoms with van der Waals surface area (Å²) in [7, 11) is 0. The van der Waals surface area contributed by atoms with Gasteiger partial charge in [0, 0.05) is 30.4 Å². The van der Waals surface area contributed by atoms with E-state index in [-0.39, 0.29) is 11.9 Å². The van der Waals surface area contributed by atoms with E-state index in [1.54, 1.807) is 12.1 Å². The number of imidazole rings is 1. The fourth-order valence-electron chi connectivity index (χ4n) is 4.67. The molecule has 0 bridgehead atoms. The Kier molecular flexibility index (Phi) is 4.47. The van der Waals surface area contributed by atoms with Crippen LogP contribution in [0.5, 0.6) is 11.5 Å². The molecule has 6 nitrogen and oxygen atoms in total. The van der Waals surface area contributed by atoms with Gasteiger partial charge in [-0.1, -0.05) is 24.3 Å². The van der Waals surface area contributed by atoms with E-state index in [0.717, 1.165) is 58.1 Å². The van der Waals surface area contributed by atoms with Crippen LogP contribution in [0, 0.1) is 0 Å². The summed E-state index contributed by atoms with van der Waals surface area (Å²) in [6.45, 7) is 6.17. The first-order valence-electron chi connectivity index (χ1n) is 11.3. The van der Waals surface area contributed by atoms with Gasteiger partial charge in [0.2, 0.25) is 5.90 Å². The summed E-state index contributed by atoms with van der Waals surface area (Å²) >= 11 is 0. The smallest absolute Gasteiger partial charge is 0.228 e. The third-order valence-corrected chi connectivity index (χ3v) is 6.37. The third-order valence-electron chi connectivity index (χ3n) is 6.37. The average molecular weight is 437 g/mol. The Bertz CT molecular complexity index is 1430. The van der Waals surface area contributed by atoms with Gasteiger partial charge in [-0.15, -0.1) is 0 Å². The van der Waals surface area contributed by atoms with Crippen molar-refractivity contribution in [2.24, 2.45) is 4.99 Å². The van der Waals surface area contributed by atoms with E-state index < -0.39 is 0 Å². The zero-order valence-electron chi connectivity index (χ0n) is 18.6.